The fraction of sp³-hybridized carbons (Fsp3) is 0.552. The Bertz CT molecular complexity index is 1140. The first-order chi connectivity index (χ1) is 16.3. The number of phenols is 1. The lowest BCUT2D eigenvalue weighted by atomic mass is 9.46. The van der Waals surface area contributed by atoms with Gasteiger partial charge in [-0.25, -0.2) is 0 Å². The molecule has 2 aromatic carbocycles. The minimum atomic E-state index is -0.965. The first kappa shape index (κ1) is 22.0. The number of rotatable bonds is 6. The van der Waals surface area contributed by atoms with E-state index in [1.54, 1.807) is 6.07 Å². The molecule has 2 heterocycles. The molecule has 5 heteroatoms. The van der Waals surface area contributed by atoms with Gasteiger partial charge in [-0.15, -0.1) is 0 Å². The Morgan fingerprint density at radius 3 is 2.79 bits per heavy atom. The van der Waals surface area contributed by atoms with Gasteiger partial charge in [0.25, 0.3) is 0 Å². The van der Waals surface area contributed by atoms with Crippen LogP contribution in [0.2, 0.25) is 0 Å². The fourth-order valence-corrected chi connectivity index (χ4v) is 7.82. The number of likely N-dealkylation sites (tertiary alicyclic amines) is 1. The Morgan fingerprint density at radius 1 is 1.24 bits per heavy atom. The number of piperidine rings is 1. The third-order valence-electron chi connectivity index (χ3n) is 9.44. The van der Waals surface area contributed by atoms with Crippen molar-refractivity contribution in [2.24, 2.45) is 5.92 Å². The molecule has 2 bridgehead atoms. The molecule has 4 atom stereocenters. The van der Waals surface area contributed by atoms with Gasteiger partial charge >= 0.3 is 0 Å². The molecule has 0 aromatic heterocycles. The van der Waals surface area contributed by atoms with Crippen molar-refractivity contribution in [1.82, 2.24) is 0 Å². The van der Waals surface area contributed by atoms with Crippen molar-refractivity contribution in [3.8, 4) is 17.2 Å². The van der Waals surface area contributed by atoms with E-state index in [1.165, 1.54) is 5.56 Å². The SMILES string of the molecule is CCCCOc1cc(O)c2c3c1C[C@@H]1[C@@H]4CCC(=O)[C@](Cc5ccccc5)(O2)[C@]34CC[N+]1(C)C. The molecule has 34 heavy (non-hydrogen) atoms. The molecule has 0 amide bonds. The third-order valence-corrected chi connectivity index (χ3v) is 9.44. The highest BCUT2D eigenvalue weighted by atomic mass is 16.5. The lowest BCUT2D eigenvalue weighted by Crippen LogP contribution is -2.75. The van der Waals surface area contributed by atoms with Crippen LogP contribution in [0.25, 0.3) is 0 Å². The van der Waals surface area contributed by atoms with Crippen LogP contribution in [-0.4, -0.2) is 54.3 Å². The average Bonchev–Trinajstić information content (AvgIpc) is 3.12. The molecule has 6 rings (SSSR count). The Labute approximate surface area is 202 Å². The van der Waals surface area contributed by atoms with E-state index in [0.29, 0.717) is 37.2 Å². The number of hydrogen-bond acceptors (Lipinski definition) is 4. The number of likely N-dealkylation sites (N-methyl/N-ethyl adjacent to an activating group) is 1. The van der Waals surface area contributed by atoms with Crippen molar-refractivity contribution in [1.29, 1.82) is 0 Å². The molecule has 1 spiro atoms. The van der Waals surface area contributed by atoms with E-state index >= 15 is 0 Å². The van der Waals surface area contributed by atoms with Crippen LogP contribution < -0.4 is 9.47 Å². The summed E-state index contributed by atoms with van der Waals surface area (Å²) >= 11 is 0. The molecule has 1 N–H and O–H groups in total. The van der Waals surface area contributed by atoms with E-state index in [4.69, 9.17) is 9.47 Å². The zero-order valence-corrected chi connectivity index (χ0v) is 20.6. The molecule has 2 aromatic rings. The summed E-state index contributed by atoms with van der Waals surface area (Å²) in [7, 11) is 4.68. The van der Waals surface area contributed by atoms with E-state index in [2.05, 4.69) is 33.2 Å². The second-order valence-corrected chi connectivity index (χ2v) is 11.4. The van der Waals surface area contributed by atoms with Gasteiger partial charge in [0.05, 0.1) is 38.7 Å². The van der Waals surface area contributed by atoms with E-state index in [-0.39, 0.29) is 11.5 Å². The Hall–Kier alpha value is -2.53. The third kappa shape index (κ3) is 2.73. The summed E-state index contributed by atoms with van der Waals surface area (Å²) in [6, 6.07) is 12.4. The van der Waals surface area contributed by atoms with Gasteiger partial charge in [-0.1, -0.05) is 43.7 Å². The second-order valence-electron chi connectivity index (χ2n) is 11.4. The number of hydrogen-bond donors (Lipinski definition) is 1. The molecule has 1 saturated carbocycles. The topological polar surface area (TPSA) is 55.8 Å². The average molecular weight is 463 g/mol. The van der Waals surface area contributed by atoms with E-state index in [9.17, 15) is 9.90 Å². The second kappa shape index (κ2) is 7.48. The van der Waals surface area contributed by atoms with Crippen LogP contribution in [0.15, 0.2) is 36.4 Å². The number of Topliss-reactive ketones (excluding diaryl/α,β-unsaturated/α-hetero) is 1. The number of unbranched alkanes of at least 4 members (excludes halogenated alkanes) is 1. The van der Waals surface area contributed by atoms with E-state index in [0.717, 1.165) is 60.0 Å². The maximum Gasteiger partial charge on any atom is 0.181 e. The number of aromatic hydroxyl groups is 1. The summed E-state index contributed by atoms with van der Waals surface area (Å²) < 4.78 is 14.0. The van der Waals surface area contributed by atoms with E-state index < -0.39 is 11.0 Å². The number of ketones is 1. The summed E-state index contributed by atoms with van der Waals surface area (Å²) in [6.45, 7) is 3.78. The quantitative estimate of drug-likeness (QED) is 0.505. The van der Waals surface area contributed by atoms with Crippen LogP contribution in [-0.2, 0) is 23.1 Å². The van der Waals surface area contributed by atoms with Crippen molar-refractivity contribution in [2.75, 3.05) is 27.2 Å². The van der Waals surface area contributed by atoms with Gasteiger partial charge in [0.2, 0.25) is 0 Å². The molecule has 2 aliphatic carbocycles. The zero-order chi connectivity index (χ0) is 23.7. The van der Waals surface area contributed by atoms with Crippen molar-refractivity contribution >= 4 is 5.78 Å². The first-order valence-electron chi connectivity index (χ1n) is 12.9. The van der Waals surface area contributed by atoms with Crippen LogP contribution in [0.4, 0.5) is 0 Å². The highest BCUT2D eigenvalue weighted by Crippen LogP contribution is 2.69. The van der Waals surface area contributed by atoms with Crippen LogP contribution in [0.3, 0.4) is 0 Å². The van der Waals surface area contributed by atoms with Gasteiger partial charge in [-0.05, 0) is 18.4 Å². The summed E-state index contributed by atoms with van der Waals surface area (Å²) in [5, 5.41) is 11.2. The van der Waals surface area contributed by atoms with Gasteiger partial charge < -0.3 is 19.1 Å². The lowest BCUT2D eigenvalue weighted by Gasteiger charge is -2.62. The number of carbonyl (C=O) groups excluding carboxylic acids is 1. The van der Waals surface area contributed by atoms with Crippen molar-refractivity contribution in [2.45, 2.75) is 68.9 Å². The van der Waals surface area contributed by atoms with Crippen molar-refractivity contribution in [3.05, 3.63) is 53.1 Å². The number of quaternary nitrogens is 1. The number of phenolic OH excluding ortho intramolecular Hbond substituents is 1. The number of carbonyl (C=O) groups is 1. The fourth-order valence-electron chi connectivity index (χ4n) is 7.82. The summed E-state index contributed by atoms with van der Waals surface area (Å²) in [5.41, 5.74) is 1.99. The molecule has 0 radical (unpaired) electrons. The van der Waals surface area contributed by atoms with Crippen LogP contribution in [0, 0.1) is 5.92 Å². The van der Waals surface area contributed by atoms with Gasteiger partial charge in [0.1, 0.15) is 5.75 Å². The van der Waals surface area contributed by atoms with Crippen molar-refractivity contribution < 1.29 is 23.9 Å². The van der Waals surface area contributed by atoms with Crippen molar-refractivity contribution in [3.63, 3.8) is 0 Å². The number of nitrogens with zero attached hydrogens (tertiary/aromatic N) is 1. The predicted molar refractivity (Wildman–Crippen MR) is 131 cm³/mol. The van der Waals surface area contributed by atoms with Crippen LogP contribution in [0.5, 0.6) is 17.2 Å². The molecule has 2 fully saturated rings. The van der Waals surface area contributed by atoms with Gasteiger partial charge in [0, 0.05) is 48.8 Å². The Kier molecular flexibility index (Phi) is 4.83. The number of benzene rings is 2. The highest BCUT2D eigenvalue weighted by molar-refractivity contribution is 5.94. The normalized spacial score (nSPS) is 32.1. The smallest absolute Gasteiger partial charge is 0.181 e. The lowest BCUT2D eigenvalue weighted by molar-refractivity contribution is -0.927. The Morgan fingerprint density at radius 2 is 2.03 bits per heavy atom. The summed E-state index contributed by atoms with van der Waals surface area (Å²) in [4.78, 5) is 14.0. The minimum absolute atomic E-state index is 0.116. The molecule has 5 nitrogen and oxygen atoms in total. The van der Waals surface area contributed by atoms with Crippen LogP contribution in [0.1, 0.15) is 55.7 Å². The maximum atomic E-state index is 14.0. The van der Waals surface area contributed by atoms with Gasteiger partial charge in [-0.3, -0.25) is 4.79 Å². The Balaban J connectivity index is 1.59. The minimum Gasteiger partial charge on any atom is -0.504 e. The molecule has 0 unspecified atom stereocenters. The summed E-state index contributed by atoms with van der Waals surface area (Å²) in [5.74, 6) is 1.98. The number of ether oxygens (including phenoxy) is 2. The monoisotopic (exact) mass is 462 g/mol. The molecule has 4 aliphatic rings. The molecular weight excluding hydrogens is 426 g/mol. The predicted octanol–water partition coefficient (Wildman–Crippen LogP) is 4.57. The first-order valence-corrected chi connectivity index (χ1v) is 12.9. The van der Waals surface area contributed by atoms with Gasteiger partial charge in [0.15, 0.2) is 22.9 Å². The van der Waals surface area contributed by atoms with E-state index in [1.807, 2.05) is 18.2 Å². The standard InChI is InChI=1S/C29H35NO4/c1-4-5-15-33-24-17-23(31)27-26-20(24)16-22-21-11-12-25(32)29(34-27,18-19-9-7-6-8-10-19)28(21,26)13-14-30(22,2)3/h6-10,17,21-22H,4-5,11-16,18H2,1-3H3/p+1/t21-,22+,28-,29-/m0/s1. The highest BCUT2D eigenvalue weighted by Gasteiger charge is 2.75. The van der Waals surface area contributed by atoms with Crippen LogP contribution >= 0.6 is 0 Å². The molecule has 1 saturated heterocycles. The largest absolute Gasteiger partial charge is 0.504 e. The van der Waals surface area contributed by atoms with Gasteiger partial charge in [-0.2, -0.15) is 0 Å². The zero-order valence-electron chi connectivity index (χ0n) is 20.6. The molecule has 180 valence electrons. The molecular formula is C29H36NO4+. The molecule has 2 aliphatic heterocycles. The summed E-state index contributed by atoms with van der Waals surface area (Å²) in [6.07, 6.45) is 5.81. The maximum absolute atomic E-state index is 14.0.